The van der Waals surface area contributed by atoms with E-state index in [2.05, 4.69) is 11.0 Å². The van der Waals surface area contributed by atoms with Gasteiger partial charge in [0.25, 0.3) is 0 Å². The van der Waals surface area contributed by atoms with Crippen LogP contribution in [0.5, 0.6) is 0 Å². The van der Waals surface area contributed by atoms with Gasteiger partial charge in [0.15, 0.2) is 0 Å². The fourth-order valence-corrected chi connectivity index (χ4v) is 2.12. The lowest BCUT2D eigenvalue weighted by molar-refractivity contribution is 0.622. The lowest BCUT2D eigenvalue weighted by atomic mass is 10.1. The molecule has 0 fully saturated rings. The second-order valence-electron chi connectivity index (χ2n) is 4.47. The highest BCUT2D eigenvalue weighted by Crippen LogP contribution is 2.23. The van der Waals surface area contributed by atoms with Crippen LogP contribution in [0.1, 0.15) is 18.2 Å². The summed E-state index contributed by atoms with van der Waals surface area (Å²) in [4.78, 5) is 1.91. The summed E-state index contributed by atoms with van der Waals surface area (Å²) in [5.74, 6) is 2.01. The summed E-state index contributed by atoms with van der Waals surface area (Å²) in [5.41, 5.74) is 1.45. The Balaban J connectivity index is 2.26. The van der Waals surface area contributed by atoms with Gasteiger partial charge < -0.3 is 4.90 Å². The molecule has 21 heavy (non-hydrogen) atoms. The summed E-state index contributed by atoms with van der Waals surface area (Å²) < 4.78 is 15.4. The molecule has 2 rings (SSSR count). The number of hydrogen-bond donors (Lipinski definition) is 0. The van der Waals surface area contributed by atoms with Gasteiger partial charge in [0.1, 0.15) is 24.0 Å². The molecule has 0 N–H and O–H groups in total. The second-order valence-corrected chi connectivity index (χ2v) is 4.47. The highest BCUT2D eigenvalue weighted by atomic mass is 19.1. The van der Waals surface area contributed by atoms with Crippen molar-refractivity contribution in [1.82, 2.24) is 9.78 Å². The quantitative estimate of drug-likeness (QED) is 0.792. The first-order valence-electron chi connectivity index (χ1n) is 6.59. The van der Waals surface area contributed by atoms with E-state index < -0.39 is 5.82 Å². The Kier molecular flexibility index (Phi) is 4.58. The Hall–Kier alpha value is -2.79. The molecule has 0 spiro atoms. The maximum atomic E-state index is 13.7. The molecule has 1 aromatic carbocycles. The predicted octanol–water partition coefficient (Wildman–Crippen LogP) is 2.55. The number of halogens is 1. The number of nitriles is 1. The van der Waals surface area contributed by atoms with Gasteiger partial charge in [-0.05, 0) is 25.1 Å². The van der Waals surface area contributed by atoms with Gasteiger partial charge in [0, 0.05) is 12.7 Å². The standard InChI is InChI=1S/C16H15FN4/c1-3-9-21-10-8-13(19-21)12-20(4-2)16-7-5-6-15(17)14(16)11-18/h1,5-8,10H,4,9,12H2,2H3. The molecule has 0 aliphatic rings. The Bertz CT molecular complexity index is 706. The number of benzene rings is 1. The van der Waals surface area contributed by atoms with Crippen LogP contribution in [0.15, 0.2) is 30.5 Å². The third kappa shape index (κ3) is 3.21. The molecule has 5 heteroatoms. The van der Waals surface area contributed by atoms with Gasteiger partial charge in [-0.25, -0.2) is 4.39 Å². The Labute approximate surface area is 123 Å². The summed E-state index contributed by atoms with van der Waals surface area (Å²) >= 11 is 0. The number of rotatable bonds is 5. The van der Waals surface area contributed by atoms with Gasteiger partial charge in [-0.15, -0.1) is 6.42 Å². The molecule has 0 saturated heterocycles. The van der Waals surface area contributed by atoms with Crippen LogP contribution in [-0.2, 0) is 13.1 Å². The molecule has 1 aromatic heterocycles. The summed E-state index contributed by atoms with van der Waals surface area (Å²) in [6.07, 6.45) is 7.05. The maximum Gasteiger partial charge on any atom is 0.143 e. The molecular formula is C16H15FN4. The van der Waals surface area contributed by atoms with Crippen molar-refractivity contribution >= 4 is 5.69 Å². The van der Waals surface area contributed by atoms with Gasteiger partial charge in [-0.2, -0.15) is 10.4 Å². The average Bonchev–Trinajstić information content (AvgIpc) is 2.92. The van der Waals surface area contributed by atoms with Crippen LogP contribution in [0.25, 0.3) is 0 Å². The molecule has 106 valence electrons. The Morgan fingerprint density at radius 2 is 2.24 bits per heavy atom. The van der Waals surface area contributed by atoms with Crippen molar-refractivity contribution in [3.63, 3.8) is 0 Å². The maximum absolute atomic E-state index is 13.7. The van der Waals surface area contributed by atoms with E-state index in [0.717, 1.165) is 5.69 Å². The molecule has 0 amide bonds. The van der Waals surface area contributed by atoms with Crippen molar-refractivity contribution in [3.8, 4) is 18.4 Å². The Morgan fingerprint density at radius 3 is 2.90 bits per heavy atom. The highest BCUT2D eigenvalue weighted by Gasteiger charge is 2.14. The van der Waals surface area contributed by atoms with Gasteiger partial charge in [0.2, 0.25) is 0 Å². The second kappa shape index (κ2) is 6.58. The summed E-state index contributed by atoms with van der Waals surface area (Å²) in [6.45, 7) is 3.49. The monoisotopic (exact) mass is 282 g/mol. The lowest BCUT2D eigenvalue weighted by Crippen LogP contribution is -2.23. The number of terminal acetylenes is 1. The zero-order valence-electron chi connectivity index (χ0n) is 11.8. The van der Waals surface area contributed by atoms with Crippen molar-refractivity contribution < 1.29 is 4.39 Å². The SMILES string of the molecule is C#CCn1ccc(CN(CC)c2cccc(F)c2C#N)n1. The number of hydrogen-bond acceptors (Lipinski definition) is 3. The summed E-state index contributed by atoms with van der Waals surface area (Å²) in [5, 5.41) is 13.5. The van der Waals surface area contributed by atoms with Crippen LogP contribution in [0.3, 0.4) is 0 Å². The molecule has 0 unspecified atom stereocenters. The van der Waals surface area contributed by atoms with E-state index in [4.69, 9.17) is 11.7 Å². The third-order valence-corrected chi connectivity index (χ3v) is 3.13. The average molecular weight is 282 g/mol. The highest BCUT2D eigenvalue weighted by molar-refractivity contribution is 5.59. The van der Waals surface area contributed by atoms with Crippen LogP contribution >= 0.6 is 0 Å². The van der Waals surface area contributed by atoms with Crippen LogP contribution < -0.4 is 4.90 Å². The molecule has 4 nitrogen and oxygen atoms in total. The van der Waals surface area contributed by atoms with Gasteiger partial charge in [-0.3, -0.25) is 4.68 Å². The first-order chi connectivity index (χ1) is 10.2. The first-order valence-corrected chi connectivity index (χ1v) is 6.59. The molecule has 2 aromatic rings. The van der Waals surface area contributed by atoms with Crippen LogP contribution in [-0.4, -0.2) is 16.3 Å². The van der Waals surface area contributed by atoms with Gasteiger partial charge in [0.05, 0.1) is 17.9 Å². The molecule has 0 radical (unpaired) electrons. The molecule has 0 atom stereocenters. The topological polar surface area (TPSA) is 44.9 Å². The smallest absolute Gasteiger partial charge is 0.143 e. The summed E-state index contributed by atoms with van der Waals surface area (Å²) in [6, 6.07) is 8.42. The zero-order valence-corrected chi connectivity index (χ0v) is 11.8. The molecule has 0 aliphatic heterocycles. The van der Waals surface area contributed by atoms with E-state index in [1.807, 2.05) is 24.0 Å². The normalized spacial score (nSPS) is 9.90. The van der Waals surface area contributed by atoms with E-state index in [1.165, 1.54) is 6.07 Å². The van der Waals surface area contributed by atoms with Crippen LogP contribution in [0.4, 0.5) is 10.1 Å². The van der Waals surface area contributed by atoms with E-state index in [9.17, 15) is 4.39 Å². The molecule has 0 aliphatic carbocycles. The van der Waals surface area contributed by atoms with Crippen molar-refractivity contribution in [2.75, 3.05) is 11.4 Å². The third-order valence-electron chi connectivity index (χ3n) is 3.13. The van der Waals surface area contributed by atoms with E-state index in [0.29, 0.717) is 25.3 Å². The molecule has 1 heterocycles. The minimum atomic E-state index is -0.508. The number of nitrogens with zero attached hydrogens (tertiary/aromatic N) is 4. The largest absolute Gasteiger partial charge is 0.365 e. The Morgan fingerprint density at radius 1 is 1.43 bits per heavy atom. The van der Waals surface area contributed by atoms with Crippen molar-refractivity contribution in [1.29, 1.82) is 5.26 Å². The number of anilines is 1. The van der Waals surface area contributed by atoms with Crippen molar-refractivity contribution in [2.45, 2.75) is 20.0 Å². The molecular weight excluding hydrogens is 267 g/mol. The van der Waals surface area contributed by atoms with E-state index in [1.54, 1.807) is 23.0 Å². The van der Waals surface area contributed by atoms with Crippen molar-refractivity contribution in [2.24, 2.45) is 0 Å². The lowest BCUT2D eigenvalue weighted by Gasteiger charge is -2.23. The van der Waals surface area contributed by atoms with Gasteiger partial charge >= 0.3 is 0 Å². The zero-order chi connectivity index (χ0) is 15.2. The van der Waals surface area contributed by atoms with Crippen LogP contribution in [0, 0.1) is 29.5 Å². The molecule has 0 bridgehead atoms. The minimum Gasteiger partial charge on any atom is -0.365 e. The van der Waals surface area contributed by atoms with E-state index in [-0.39, 0.29) is 5.56 Å². The fraction of sp³-hybridized carbons (Fsp3) is 0.250. The predicted molar refractivity (Wildman–Crippen MR) is 78.9 cm³/mol. The van der Waals surface area contributed by atoms with Crippen LogP contribution in [0.2, 0.25) is 0 Å². The van der Waals surface area contributed by atoms with Gasteiger partial charge in [-0.1, -0.05) is 12.0 Å². The summed E-state index contributed by atoms with van der Waals surface area (Å²) in [7, 11) is 0. The molecule has 0 saturated carbocycles. The first kappa shape index (κ1) is 14.6. The van der Waals surface area contributed by atoms with E-state index >= 15 is 0 Å². The fourth-order valence-electron chi connectivity index (χ4n) is 2.12. The van der Waals surface area contributed by atoms with Crippen molar-refractivity contribution in [3.05, 3.63) is 47.5 Å². The minimum absolute atomic E-state index is 0.0578. The number of aromatic nitrogens is 2.